The molecule has 112 valence electrons. The largest absolute Gasteiger partial charge is 0.375 e. The third kappa shape index (κ3) is 4.07. The van der Waals surface area contributed by atoms with Gasteiger partial charge in [-0.05, 0) is 52.0 Å². The fraction of sp³-hybridized carbons (Fsp3) is 0.267. The predicted octanol–water partition coefficient (Wildman–Crippen LogP) is 4.67. The molecule has 0 radical (unpaired) electrons. The summed E-state index contributed by atoms with van der Waals surface area (Å²) in [5.41, 5.74) is 1.61. The summed E-state index contributed by atoms with van der Waals surface area (Å²) in [6, 6.07) is 9.05. The van der Waals surface area contributed by atoms with Crippen LogP contribution in [0.25, 0.3) is 0 Å². The van der Waals surface area contributed by atoms with E-state index < -0.39 is 0 Å². The van der Waals surface area contributed by atoms with Gasteiger partial charge in [-0.3, -0.25) is 4.79 Å². The Morgan fingerprint density at radius 2 is 2.00 bits per heavy atom. The number of carbonyl (C=O) groups is 1. The lowest BCUT2D eigenvalue weighted by atomic mass is 10.0. The highest BCUT2D eigenvalue weighted by atomic mass is 79.9. The Bertz CT molecular complexity index is 614. The van der Waals surface area contributed by atoms with E-state index in [1.165, 1.54) is 11.3 Å². The number of rotatable bonds is 5. The maximum Gasteiger partial charge on any atom is 0.253 e. The van der Waals surface area contributed by atoms with Crippen molar-refractivity contribution in [3.8, 4) is 0 Å². The van der Waals surface area contributed by atoms with Crippen LogP contribution >= 0.6 is 38.9 Å². The quantitative estimate of drug-likeness (QED) is 0.808. The van der Waals surface area contributed by atoms with Crippen LogP contribution in [0, 0.1) is 0 Å². The van der Waals surface area contributed by atoms with Crippen LogP contribution in [-0.4, -0.2) is 19.1 Å². The van der Waals surface area contributed by atoms with E-state index in [1.807, 2.05) is 36.6 Å². The minimum absolute atomic E-state index is 0.119. The fourth-order valence-electron chi connectivity index (χ4n) is 2.10. The highest BCUT2D eigenvalue weighted by Crippen LogP contribution is 2.25. The molecule has 0 aliphatic rings. The molecule has 6 heteroatoms. The molecule has 1 aromatic heterocycles. The molecule has 0 saturated carbocycles. The van der Waals surface area contributed by atoms with Gasteiger partial charge in [0.25, 0.3) is 5.91 Å². The SMILES string of the molecule is CO[C@@H](c1ccc(Cl)cc1)[C@H](C)NC(=O)c1ccsc1Br. The second-order valence-electron chi connectivity index (χ2n) is 4.58. The van der Waals surface area contributed by atoms with Gasteiger partial charge >= 0.3 is 0 Å². The average molecular weight is 389 g/mol. The summed E-state index contributed by atoms with van der Waals surface area (Å²) in [7, 11) is 1.63. The Morgan fingerprint density at radius 1 is 1.33 bits per heavy atom. The highest BCUT2D eigenvalue weighted by Gasteiger charge is 2.22. The second kappa shape index (κ2) is 7.40. The van der Waals surface area contributed by atoms with Crippen molar-refractivity contribution < 1.29 is 9.53 Å². The van der Waals surface area contributed by atoms with Crippen molar-refractivity contribution in [1.29, 1.82) is 0 Å². The van der Waals surface area contributed by atoms with Gasteiger partial charge in [0.15, 0.2) is 0 Å². The summed E-state index contributed by atoms with van der Waals surface area (Å²) in [6.45, 7) is 1.92. The van der Waals surface area contributed by atoms with Crippen molar-refractivity contribution in [2.75, 3.05) is 7.11 Å². The third-order valence-corrected chi connectivity index (χ3v) is 5.07. The van der Waals surface area contributed by atoms with Crippen molar-refractivity contribution in [3.05, 3.63) is 55.6 Å². The number of carbonyl (C=O) groups excluding carboxylic acids is 1. The number of benzene rings is 1. The van der Waals surface area contributed by atoms with Crippen LogP contribution in [0.5, 0.6) is 0 Å². The first kappa shape index (κ1) is 16.5. The van der Waals surface area contributed by atoms with Gasteiger partial charge in [-0.2, -0.15) is 0 Å². The van der Waals surface area contributed by atoms with E-state index in [9.17, 15) is 4.79 Å². The van der Waals surface area contributed by atoms with Crippen LogP contribution in [0.15, 0.2) is 39.5 Å². The fourth-order valence-corrected chi connectivity index (χ4v) is 3.47. The molecule has 0 unspecified atom stereocenters. The summed E-state index contributed by atoms with van der Waals surface area (Å²) in [6.07, 6.45) is -0.233. The topological polar surface area (TPSA) is 38.3 Å². The van der Waals surface area contributed by atoms with Crippen LogP contribution in [-0.2, 0) is 4.74 Å². The number of nitrogens with one attached hydrogen (secondary N) is 1. The van der Waals surface area contributed by atoms with Gasteiger partial charge in [-0.15, -0.1) is 11.3 Å². The smallest absolute Gasteiger partial charge is 0.253 e. The van der Waals surface area contributed by atoms with Gasteiger partial charge in [0.2, 0.25) is 0 Å². The number of hydrogen-bond donors (Lipinski definition) is 1. The molecule has 0 fully saturated rings. The number of ether oxygens (including phenoxy) is 1. The Morgan fingerprint density at radius 3 is 2.52 bits per heavy atom. The van der Waals surface area contributed by atoms with E-state index in [4.69, 9.17) is 16.3 Å². The Hall–Kier alpha value is -0.880. The third-order valence-electron chi connectivity index (χ3n) is 3.13. The molecule has 0 aliphatic carbocycles. The van der Waals surface area contributed by atoms with E-state index in [0.717, 1.165) is 9.35 Å². The molecular weight excluding hydrogens is 374 g/mol. The Balaban J connectivity index is 2.10. The zero-order valence-electron chi connectivity index (χ0n) is 11.6. The number of halogens is 2. The van der Waals surface area contributed by atoms with Crippen LogP contribution in [0.3, 0.4) is 0 Å². The number of methoxy groups -OCH3 is 1. The molecule has 21 heavy (non-hydrogen) atoms. The summed E-state index contributed by atoms with van der Waals surface area (Å²) in [5, 5.41) is 5.51. The van der Waals surface area contributed by atoms with E-state index in [0.29, 0.717) is 10.6 Å². The van der Waals surface area contributed by atoms with Crippen molar-refractivity contribution in [2.45, 2.75) is 19.1 Å². The molecule has 2 atom stereocenters. The van der Waals surface area contributed by atoms with E-state index >= 15 is 0 Å². The number of hydrogen-bond acceptors (Lipinski definition) is 3. The van der Waals surface area contributed by atoms with Gasteiger partial charge in [-0.1, -0.05) is 23.7 Å². The molecule has 0 aliphatic heterocycles. The second-order valence-corrected chi connectivity index (χ2v) is 7.25. The zero-order chi connectivity index (χ0) is 15.4. The van der Waals surface area contributed by atoms with Gasteiger partial charge < -0.3 is 10.1 Å². The number of amides is 1. The summed E-state index contributed by atoms with van der Waals surface area (Å²) < 4.78 is 6.35. The molecule has 1 amide bonds. The van der Waals surface area contributed by atoms with Gasteiger partial charge in [0.05, 0.1) is 15.4 Å². The molecule has 1 aromatic carbocycles. The molecule has 1 N–H and O–H groups in total. The summed E-state index contributed by atoms with van der Waals surface area (Å²) in [5.74, 6) is -0.119. The maximum atomic E-state index is 12.2. The van der Waals surface area contributed by atoms with Crippen molar-refractivity contribution in [3.63, 3.8) is 0 Å². The minimum atomic E-state index is -0.233. The van der Waals surface area contributed by atoms with Crippen LogP contribution in [0.2, 0.25) is 5.02 Å². The number of thiophene rings is 1. The maximum absolute atomic E-state index is 12.2. The molecule has 3 nitrogen and oxygen atoms in total. The minimum Gasteiger partial charge on any atom is -0.375 e. The first-order chi connectivity index (χ1) is 10.0. The van der Waals surface area contributed by atoms with Gasteiger partial charge in [0.1, 0.15) is 6.10 Å². The van der Waals surface area contributed by atoms with Gasteiger partial charge in [-0.25, -0.2) is 0 Å². The molecule has 2 rings (SSSR count). The first-order valence-corrected chi connectivity index (χ1v) is 8.40. The molecule has 0 saturated heterocycles. The average Bonchev–Trinajstić information content (AvgIpc) is 2.88. The van der Waals surface area contributed by atoms with Crippen molar-refractivity contribution in [1.82, 2.24) is 5.32 Å². The monoisotopic (exact) mass is 387 g/mol. The normalized spacial score (nSPS) is 13.7. The van der Waals surface area contributed by atoms with Crippen LogP contribution in [0.1, 0.15) is 28.9 Å². The molecule has 2 aromatic rings. The van der Waals surface area contributed by atoms with Gasteiger partial charge in [0, 0.05) is 12.1 Å². The van der Waals surface area contributed by atoms with Crippen LogP contribution < -0.4 is 5.32 Å². The van der Waals surface area contributed by atoms with E-state index in [1.54, 1.807) is 13.2 Å². The predicted molar refractivity (Wildman–Crippen MR) is 90.1 cm³/mol. The summed E-state index contributed by atoms with van der Waals surface area (Å²) >= 11 is 10.8. The highest BCUT2D eigenvalue weighted by molar-refractivity contribution is 9.11. The zero-order valence-corrected chi connectivity index (χ0v) is 14.8. The molecule has 0 bridgehead atoms. The lowest BCUT2D eigenvalue weighted by molar-refractivity contribution is 0.0645. The summed E-state index contributed by atoms with van der Waals surface area (Å²) in [4.78, 5) is 12.2. The lowest BCUT2D eigenvalue weighted by Gasteiger charge is -2.24. The van der Waals surface area contributed by atoms with Crippen molar-refractivity contribution >= 4 is 44.8 Å². The van der Waals surface area contributed by atoms with E-state index in [-0.39, 0.29) is 18.1 Å². The lowest BCUT2D eigenvalue weighted by Crippen LogP contribution is -2.37. The van der Waals surface area contributed by atoms with E-state index in [2.05, 4.69) is 21.2 Å². The molecular formula is C15H15BrClNO2S. The molecule has 1 heterocycles. The Kier molecular flexibility index (Phi) is 5.81. The van der Waals surface area contributed by atoms with Crippen LogP contribution in [0.4, 0.5) is 0 Å². The molecule has 0 spiro atoms. The standard InChI is InChI=1S/C15H15BrClNO2S/c1-9(18-15(19)12-7-8-21-14(12)16)13(20-2)10-3-5-11(17)6-4-10/h3-9,13H,1-2H3,(H,18,19)/t9-,13+/m0/s1. The van der Waals surface area contributed by atoms with Crippen molar-refractivity contribution in [2.24, 2.45) is 0 Å². The Labute approximate surface area is 141 Å². The first-order valence-electron chi connectivity index (χ1n) is 6.35.